The summed E-state index contributed by atoms with van der Waals surface area (Å²) in [5.74, 6) is 0.921. The number of aryl methyl sites for hydroxylation is 1. The van der Waals surface area contributed by atoms with Crippen LogP contribution in [0.4, 0.5) is 11.4 Å². The minimum atomic E-state index is -0.105. The number of ether oxygens (including phenoxy) is 1. The zero-order valence-corrected chi connectivity index (χ0v) is 18.5. The first kappa shape index (κ1) is 22.2. The minimum absolute atomic E-state index is 0. The molecule has 26 heavy (non-hydrogen) atoms. The quantitative estimate of drug-likeness (QED) is 0.296. The molecule has 0 aliphatic rings. The van der Waals surface area contributed by atoms with Gasteiger partial charge in [0.05, 0.1) is 13.7 Å². The summed E-state index contributed by atoms with van der Waals surface area (Å²) in [6, 6.07) is 13.0. The molecule has 6 nitrogen and oxygen atoms in total. The number of carbonyl (C=O) groups excluding carboxylic acids is 1. The van der Waals surface area contributed by atoms with E-state index in [4.69, 9.17) is 10.5 Å². The molecule has 2 aromatic carbocycles. The molecule has 0 aliphatic carbocycles. The second-order valence-electron chi connectivity index (χ2n) is 5.38. The predicted molar refractivity (Wildman–Crippen MR) is 121 cm³/mol. The van der Waals surface area contributed by atoms with Crippen LogP contribution in [0.5, 0.6) is 5.75 Å². The zero-order valence-electron chi connectivity index (χ0n) is 14.6. The number of nitrogens with one attached hydrogen (secondary N) is 2. The van der Waals surface area contributed by atoms with E-state index in [0.29, 0.717) is 6.54 Å². The summed E-state index contributed by atoms with van der Waals surface area (Å²) in [6.45, 7) is 2.24. The number of hydrogen-bond acceptors (Lipinski definition) is 3. The number of rotatable bonds is 6. The third kappa shape index (κ3) is 7.20. The predicted octanol–water partition coefficient (Wildman–Crippen LogP) is 4.14. The summed E-state index contributed by atoms with van der Waals surface area (Å²) >= 11 is 3.40. The van der Waals surface area contributed by atoms with Crippen molar-refractivity contribution in [2.75, 3.05) is 24.3 Å². The van der Waals surface area contributed by atoms with Crippen molar-refractivity contribution in [2.45, 2.75) is 13.3 Å². The zero-order chi connectivity index (χ0) is 18.2. The number of guanidine groups is 1. The molecular formula is C18H22BrIN4O2. The van der Waals surface area contributed by atoms with Crippen molar-refractivity contribution in [1.82, 2.24) is 0 Å². The first-order valence-electron chi connectivity index (χ1n) is 7.75. The van der Waals surface area contributed by atoms with Gasteiger partial charge in [0.25, 0.3) is 0 Å². The Morgan fingerprint density at radius 1 is 1.19 bits per heavy atom. The molecule has 0 atom stereocenters. The van der Waals surface area contributed by atoms with Gasteiger partial charge in [0.2, 0.25) is 5.91 Å². The Morgan fingerprint density at radius 2 is 1.88 bits per heavy atom. The smallest absolute Gasteiger partial charge is 0.226 e. The van der Waals surface area contributed by atoms with E-state index in [1.807, 2.05) is 49.4 Å². The largest absolute Gasteiger partial charge is 0.497 e. The van der Waals surface area contributed by atoms with Crippen LogP contribution in [-0.4, -0.2) is 25.5 Å². The van der Waals surface area contributed by atoms with E-state index in [9.17, 15) is 4.79 Å². The van der Waals surface area contributed by atoms with Crippen molar-refractivity contribution in [3.05, 3.63) is 52.5 Å². The lowest BCUT2D eigenvalue weighted by atomic mass is 10.2. The van der Waals surface area contributed by atoms with Crippen LogP contribution in [0.15, 0.2) is 51.9 Å². The second kappa shape index (κ2) is 11.0. The maximum Gasteiger partial charge on any atom is 0.226 e. The Balaban J connectivity index is 0.00000338. The van der Waals surface area contributed by atoms with E-state index in [1.165, 1.54) is 0 Å². The summed E-state index contributed by atoms with van der Waals surface area (Å²) in [4.78, 5) is 16.2. The third-order valence-electron chi connectivity index (χ3n) is 3.45. The van der Waals surface area contributed by atoms with Gasteiger partial charge >= 0.3 is 0 Å². The van der Waals surface area contributed by atoms with E-state index in [0.717, 1.165) is 27.2 Å². The van der Waals surface area contributed by atoms with Gasteiger partial charge in [-0.05, 0) is 55.0 Å². The first-order chi connectivity index (χ1) is 12.0. The van der Waals surface area contributed by atoms with Crippen molar-refractivity contribution in [2.24, 2.45) is 10.7 Å². The molecule has 0 aliphatic heterocycles. The van der Waals surface area contributed by atoms with E-state index in [-0.39, 0.29) is 42.3 Å². The van der Waals surface area contributed by atoms with Gasteiger partial charge in [0, 0.05) is 22.3 Å². The Morgan fingerprint density at radius 3 is 2.50 bits per heavy atom. The molecule has 0 radical (unpaired) electrons. The molecule has 0 saturated heterocycles. The highest BCUT2D eigenvalue weighted by molar-refractivity contribution is 14.0. The van der Waals surface area contributed by atoms with Gasteiger partial charge in [-0.25, -0.2) is 0 Å². The highest BCUT2D eigenvalue weighted by Gasteiger charge is 2.05. The average Bonchev–Trinajstić information content (AvgIpc) is 2.58. The Bertz CT molecular complexity index is 766. The molecule has 0 heterocycles. The maximum atomic E-state index is 12.0. The molecule has 140 valence electrons. The minimum Gasteiger partial charge on any atom is -0.497 e. The highest BCUT2D eigenvalue weighted by Crippen LogP contribution is 2.20. The molecular weight excluding hydrogens is 511 g/mol. The molecule has 0 bridgehead atoms. The van der Waals surface area contributed by atoms with Crippen LogP contribution < -0.4 is 21.1 Å². The molecule has 2 rings (SSSR count). The van der Waals surface area contributed by atoms with E-state index < -0.39 is 0 Å². The summed E-state index contributed by atoms with van der Waals surface area (Å²) in [7, 11) is 1.61. The van der Waals surface area contributed by atoms with Gasteiger partial charge in [-0.3, -0.25) is 9.79 Å². The van der Waals surface area contributed by atoms with Crippen LogP contribution in [0.25, 0.3) is 0 Å². The van der Waals surface area contributed by atoms with Crippen LogP contribution >= 0.6 is 39.9 Å². The highest BCUT2D eigenvalue weighted by atomic mass is 127. The number of nitrogens with two attached hydrogens (primary N) is 1. The van der Waals surface area contributed by atoms with Gasteiger partial charge in [0.15, 0.2) is 5.96 Å². The Labute approximate surface area is 178 Å². The van der Waals surface area contributed by atoms with Crippen LogP contribution in [0.3, 0.4) is 0 Å². The lowest BCUT2D eigenvalue weighted by Gasteiger charge is -2.09. The fraction of sp³-hybridized carbons (Fsp3) is 0.222. The van der Waals surface area contributed by atoms with E-state index in [2.05, 4.69) is 31.6 Å². The average molecular weight is 533 g/mol. The summed E-state index contributed by atoms with van der Waals surface area (Å²) in [5.41, 5.74) is 8.41. The topological polar surface area (TPSA) is 88.7 Å². The van der Waals surface area contributed by atoms with Crippen LogP contribution in [-0.2, 0) is 4.79 Å². The molecule has 4 N–H and O–H groups in total. The molecule has 8 heteroatoms. The lowest BCUT2D eigenvalue weighted by Crippen LogP contribution is -2.23. The SMILES string of the molecule is COc1ccc(NC(N)=NCCC(=O)Nc2ccc(Br)cc2C)cc1.I. The molecule has 2 aromatic rings. The van der Waals surface area contributed by atoms with Crippen molar-refractivity contribution in [3.63, 3.8) is 0 Å². The fourth-order valence-corrected chi connectivity index (χ4v) is 2.60. The van der Waals surface area contributed by atoms with Crippen LogP contribution in [0, 0.1) is 6.92 Å². The van der Waals surface area contributed by atoms with E-state index in [1.54, 1.807) is 7.11 Å². The normalized spacial score (nSPS) is 10.7. The molecule has 0 spiro atoms. The van der Waals surface area contributed by atoms with Gasteiger partial charge in [-0.1, -0.05) is 15.9 Å². The first-order valence-corrected chi connectivity index (χ1v) is 8.54. The Hall–Kier alpha value is -1.81. The van der Waals surface area contributed by atoms with Crippen molar-refractivity contribution in [3.8, 4) is 5.75 Å². The monoisotopic (exact) mass is 532 g/mol. The molecule has 0 aromatic heterocycles. The van der Waals surface area contributed by atoms with Gasteiger partial charge < -0.3 is 21.1 Å². The lowest BCUT2D eigenvalue weighted by molar-refractivity contribution is -0.116. The molecule has 0 fully saturated rings. The summed E-state index contributed by atoms with van der Waals surface area (Å²) in [6.07, 6.45) is 0.250. The maximum absolute atomic E-state index is 12.0. The number of halogens is 2. The Kier molecular flexibility index (Phi) is 9.42. The van der Waals surface area contributed by atoms with Crippen LogP contribution in [0.2, 0.25) is 0 Å². The summed E-state index contributed by atoms with van der Waals surface area (Å²) in [5, 5.41) is 5.84. The molecule has 1 amide bonds. The number of anilines is 2. The fourth-order valence-electron chi connectivity index (χ4n) is 2.12. The number of carbonyl (C=O) groups is 1. The number of amides is 1. The number of benzene rings is 2. The van der Waals surface area contributed by atoms with Gasteiger partial charge in [-0.15, -0.1) is 24.0 Å². The number of nitrogens with zero attached hydrogens (tertiary/aromatic N) is 1. The van der Waals surface area contributed by atoms with Crippen molar-refractivity contribution >= 4 is 63.1 Å². The molecule has 0 saturated carbocycles. The van der Waals surface area contributed by atoms with Crippen LogP contribution in [0.1, 0.15) is 12.0 Å². The third-order valence-corrected chi connectivity index (χ3v) is 3.94. The number of methoxy groups -OCH3 is 1. The van der Waals surface area contributed by atoms with Gasteiger partial charge in [-0.2, -0.15) is 0 Å². The number of aliphatic imine (C=N–C) groups is 1. The molecule has 0 unspecified atom stereocenters. The van der Waals surface area contributed by atoms with E-state index >= 15 is 0 Å². The van der Waals surface area contributed by atoms with Gasteiger partial charge in [0.1, 0.15) is 5.75 Å². The summed E-state index contributed by atoms with van der Waals surface area (Å²) < 4.78 is 6.07. The second-order valence-corrected chi connectivity index (χ2v) is 6.29. The standard InChI is InChI=1S/C18H21BrN4O2.HI/c1-12-11-13(19)3-8-16(12)23-17(24)9-10-21-18(20)22-14-4-6-15(25-2)7-5-14;/h3-8,11H,9-10H2,1-2H3,(H,23,24)(H3,20,21,22);1H. The number of hydrogen-bond donors (Lipinski definition) is 3. The van der Waals surface area contributed by atoms with Crippen molar-refractivity contribution in [1.29, 1.82) is 0 Å². The van der Waals surface area contributed by atoms with Crippen molar-refractivity contribution < 1.29 is 9.53 Å².